The van der Waals surface area contributed by atoms with E-state index < -0.39 is 5.76 Å². The second kappa shape index (κ2) is 8.07. The Morgan fingerprint density at radius 2 is 1.91 bits per heavy atom. The van der Waals surface area contributed by atoms with Gasteiger partial charge in [-0.05, 0) is 62.5 Å². The van der Waals surface area contributed by atoms with E-state index >= 15 is 0 Å². The van der Waals surface area contributed by atoms with Crippen molar-refractivity contribution in [3.05, 3.63) is 47.9 Å². The van der Waals surface area contributed by atoms with Crippen molar-refractivity contribution in [3.8, 4) is 0 Å². The zero-order valence-electron chi connectivity index (χ0n) is 12.5. The number of thioether (sulfide) groups is 1. The van der Waals surface area contributed by atoms with Crippen LogP contribution in [-0.2, 0) is 0 Å². The van der Waals surface area contributed by atoms with Gasteiger partial charge in [-0.1, -0.05) is 11.8 Å². The largest absolute Gasteiger partial charge is 0.460 e. The molecule has 2 N–H and O–H groups in total. The second-order valence-corrected chi connectivity index (χ2v) is 6.05. The van der Waals surface area contributed by atoms with Crippen LogP contribution in [0.3, 0.4) is 0 Å². The predicted molar refractivity (Wildman–Crippen MR) is 93.3 cm³/mol. The molecular weight excluding hydrogens is 340 g/mol. The average Bonchev–Trinajstić information content (AvgIpc) is 2.93. The van der Waals surface area contributed by atoms with Gasteiger partial charge in [-0.2, -0.15) is 13.9 Å². The quantitative estimate of drug-likeness (QED) is 0.355. The smallest absolute Gasteiger partial charge is 0.288 e. The molecule has 2 aromatic rings. The lowest BCUT2D eigenvalue weighted by molar-refractivity contribution is 0.252. The molecule has 8 heteroatoms. The number of hydrogen-bond acceptors (Lipinski definition) is 4. The van der Waals surface area contributed by atoms with Gasteiger partial charge in [0.15, 0.2) is 5.11 Å². The maximum absolute atomic E-state index is 12.2. The normalized spacial score (nSPS) is 11.6. The van der Waals surface area contributed by atoms with Crippen LogP contribution < -0.4 is 10.7 Å². The molecule has 0 spiro atoms. The van der Waals surface area contributed by atoms with Gasteiger partial charge in [0.25, 0.3) is 5.76 Å². The van der Waals surface area contributed by atoms with Crippen LogP contribution in [0, 0.1) is 6.92 Å². The number of nitrogens with one attached hydrogen (secondary N) is 2. The topological polar surface area (TPSA) is 49.6 Å². The van der Waals surface area contributed by atoms with Gasteiger partial charge in [0, 0.05) is 10.6 Å². The van der Waals surface area contributed by atoms with Gasteiger partial charge in [0.2, 0.25) is 0 Å². The van der Waals surface area contributed by atoms with E-state index in [9.17, 15) is 8.78 Å². The lowest BCUT2D eigenvalue weighted by Gasteiger charge is -2.08. The van der Waals surface area contributed by atoms with Gasteiger partial charge in [-0.25, -0.2) is 0 Å². The number of halogens is 2. The van der Waals surface area contributed by atoms with Crippen LogP contribution in [0.1, 0.15) is 18.4 Å². The third kappa shape index (κ3) is 5.65. The Labute approximate surface area is 142 Å². The van der Waals surface area contributed by atoms with Crippen LogP contribution in [0.25, 0.3) is 0 Å². The summed E-state index contributed by atoms with van der Waals surface area (Å²) in [6.45, 7) is 3.65. The van der Waals surface area contributed by atoms with Crippen molar-refractivity contribution in [3.63, 3.8) is 0 Å². The average molecular weight is 355 g/mol. The van der Waals surface area contributed by atoms with Gasteiger partial charge in [0.05, 0.1) is 0 Å². The first-order chi connectivity index (χ1) is 10.9. The van der Waals surface area contributed by atoms with Crippen molar-refractivity contribution in [2.45, 2.75) is 24.5 Å². The molecule has 0 atom stereocenters. The molecule has 0 bridgehead atoms. The Bertz CT molecular complexity index is 699. The molecule has 0 saturated heterocycles. The Balaban J connectivity index is 1.89. The van der Waals surface area contributed by atoms with Crippen molar-refractivity contribution < 1.29 is 13.2 Å². The number of rotatable bonds is 5. The molecule has 0 aliphatic carbocycles. The summed E-state index contributed by atoms with van der Waals surface area (Å²) in [6, 6.07) is 10.2. The number of furan rings is 1. The predicted octanol–water partition coefficient (Wildman–Crippen LogP) is 4.61. The minimum Gasteiger partial charge on any atom is -0.460 e. The van der Waals surface area contributed by atoms with Crippen LogP contribution in [0.2, 0.25) is 0 Å². The van der Waals surface area contributed by atoms with Crippen molar-refractivity contribution in [2.24, 2.45) is 5.10 Å². The molecular formula is C15H15F2N3OS2. The van der Waals surface area contributed by atoms with E-state index in [-0.39, 0.29) is 0 Å². The Kier molecular flexibility index (Phi) is 6.12. The van der Waals surface area contributed by atoms with Crippen LogP contribution in [0.15, 0.2) is 50.8 Å². The molecule has 0 aliphatic rings. The highest BCUT2D eigenvalue weighted by Gasteiger charge is 2.06. The third-order valence-electron chi connectivity index (χ3n) is 2.76. The van der Waals surface area contributed by atoms with Crippen LogP contribution in [-0.4, -0.2) is 16.6 Å². The molecule has 0 amide bonds. The molecule has 4 nitrogen and oxygen atoms in total. The Morgan fingerprint density at radius 3 is 2.48 bits per heavy atom. The number of hydrazone groups is 1. The number of alkyl halides is 2. The maximum Gasteiger partial charge on any atom is 0.288 e. The van der Waals surface area contributed by atoms with E-state index in [4.69, 9.17) is 16.6 Å². The molecule has 0 saturated carbocycles. The molecule has 1 heterocycles. The van der Waals surface area contributed by atoms with Gasteiger partial charge in [-0.15, -0.1) is 0 Å². The minimum absolute atomic E-state index is 0.293. The van der Waals surface area contributed by atoms with Crippen molar-refractivity contribution in [1.29, 1.82) is 0 Å². The highest BCUT2D eigenvalue weighted by molar-refractivity contribution is 7.99. The zero-order chi connectivity index (χ0) is 16.8. The summed E-state index contributed by atoms with van der Waals surface area (Å²) in [5.41, 5.74) is 4.05. The molecule has 23 heavy (non-hydrogen) atoms. The third-order valence-corrected chi connectivity index (χ3v) is 3.68. The van der Waals surface area contributed by atoms with E-state index in [0.29, 0.717) is 38.9 Å². The molecule has 122 valence electrons. The highest BCUT2D eigenvalue weighted by Crippen LogP contribution is 2.26. The standard InChI is InChI=1S/C15H15F2N3OS2/c1-9-3-8-13(21-9)10(2)19-20-15(22)18-11-4-6-12(7-5-11)23-14(16)17/h3-8,14H,1-2H3,(H2,18,20,22)/b19-10-. The Hall–Kier alpha value is -1.93. The van der Waals surface area contributed by atoms with Crippen molar-refractivity contribution >= 4 is 40.5 Å². The lowest BCUT2D eigenvalue weighted by Crippen LogP contribution is -2.24. The SMILES string of the molecule is C/C(=N/NC(=S)Nc1ccc(SC(F)F)cc1)c1ccc(C)o1. The van der Waals surface area contributed by atoms with E-state index in [1.54, 1.807) is 31.2 Å². The summed E-state index contributed by atoms with van der Waals surface area (Å²) < 4.78 is 29.9. The first-order valence-corrected chi connectivity index (χ1v) is 7.96. The summed E-state index contributed by atoms with van der Waals surface area (Å²) in [4.78, 5) is 0.492. The molecule has 1 aromatic heterocycles. The van der Waals surface area contributed by atoms with Gasteiger partial charge in [-0.3, -0.25) is 5.43 Å². The fourth-order valence-corrected chi connectivity index (χ4v) is 2.36. The van der Waals surface area contributed by atoms with Gasteiger partial charge < -0.3 is 9.73 Å². The molecule has 0 radical (unpaired) electrons. The number of thiocarbonyl (C=S) groups is 1. The summed E-state index contributed by atoms with van der Waals surface area (Å²) >= 11 is 5.63. The zero-order valence-corrected chi connectivity index (χ0v) is 14.1. The molecule has 0 fully saturated rings. The van der Waals surface area contributed by atoms with Crippen LogP contribution in [0.4, 0.5) is 14.5 Å². The molecule has 1 aromatic carbocycles. The fraction of sp³-hybridized carbons (Fsp3) is 0.200. The summed E-state index contributed by atoms with van der Waals surface area (Å²) in [5.74, 6) is -0.970. The number of benzene rings is 1. The van der Waals surface area contributed by atoms with Crippen LogP contribution in [0.5, 0.6) is 0 Å². The number of nitrogens with zero attached hydrogens (tertiary/aromatic N) is 1. The number of aryl methyl sites for hydroxylation is 1. The minimum atomic E-state index is -2.43. The van der Waals surface area contributed by atoms with E-state index in [2.05, 4.69) is 15.8 Å². The first-order valence-electron chi connectivity index (χ1n) is 6.67. The van der Waals surface area contributed by atoms with Crippen molar-refractivity contribution in [1.82, 2.24) is 5.43 Å². The number of anilines is 1. The van der Waals surface area contributed by atoms with Gasteiger partial charge in [0.1, 0.15) is 17.2 Å². The van der Waals surface area contributed by atoms with Gasteiger partial charge >= 0.3 is 0 Å². The highest BCUT2D eigenvalue weighted by atomic mass is 32.2. The summed E-state index contributed by atoms with van der Waals surface area (Å²) in [6.07, 6.45) is 0. The fourth-order valence-electron chi connectivity index (χ4n) is 1.70. The molecule has 2 rings (SSSR count). The van der Waals surface area contributed by atoms with E-state index in [1.807, 2.05) is 19.1 Å². The first kappa shape index (κ1) is 17.4. The second-order valence-electron chi connectivity index (χ2n) is 4.58. The summed E-state index contributed by atoms with van der Waals surface area (Å²) in [5, 5.41) is 7.34. The van der Waals surface area contributed by atoms with E-state index in [1.165, 1.54) is 0 Å². The monoisotopic (exact) mass is 355 g/mol. The molecule has 0 aliphatic heterocycles. The lowest BCUT2D eigenvalue weighted by atomic mass is 10.3. The summed E-state index contributed by atoms with van der Waals surface area (Å²) in [7, 11) is 0. The van der Waals surface area contributed by atoms with Crippen LogP contribution >= 0.6 is 24.0 Å². The maximum atomic E-state index is 12.2. The number of hydrogen-bond donors (Lipinski definition) is 2. The Morgan fingerprint density at radius 1 is 1.22 bits per heavy atom. The van der Waals surface area contributed by atoms with Crippen molar-refractivity contribution in [2.75, 3.05) is 5.32 Å². The van der Waals surface area contributed by atoms with E-state index in [0.717, 1.165) is 5.76 Å². The molecule has 0 unspecified atom stereocenters.